The maximum Gasteiger partial charge on any atom is 0.169 e. The Morgan fingerprint density at radius 2 is 1.14 bits per heavy atom. The molecule has 0 fully saturated rings. The molecular formula is C34H36N2O6. The van der Waals surface area contributed by atoms with Crippen LogP contribution in [0.25, 0.3) is 0 Å². The molecule has 0 saturated heterocycles. The Morgan fingerprint density at radius 1 is 0.619 bits per heavy atom. The van der Waals surface area contributed by atoms with Gasteiger partial charge in [0.25, 0.3) is 0 Å². The minimum atomic E-state index is 0.0174. The van der Waals surface area contributed by atoms with Gasteiger partial charge < -0.3 is 40.2 Å². The summed E-state index contributed by atoms with van der Waals surface area (Å²) in [7, 11) is 3.12. The lowest BCUT2D eigenvalue weighted by molar-refractivity contribution is 0.370. The molecule has 6 rings (SSSR count). The first-order chi connectivity index (χ1) is 20.4. The quantitative estimate of drug-likeness (QED) is 0.190. The van der Waals surface area contributed by atoms with Crippen LogP contribution in [0, 0.1) is 0 Å². The lowest BCUT2D eigenvalue weighted by atomic mass is 9.89. The summed E-state index contributed by atoms with van der Waals surface area (Å²) in [4.78, 5) is 0. The van der Waals surface area contributed by atoms with Gasteiger partial charge in [-0.1, -0.05) is 18.2 Å². The predicted octanol–water partition coefficient (Wildman–Crippen LogP) is 5.47. The van der Waals surface area contributed by atoms with Gasteiger partial charge in [-0.3, -0.25) is 0 Å². The highest BCUT2D eigenvalue weighted by molar-refractivity contribution is 5.51. The van der Waals surface area contributed by atoms with Crippen LogP contribution in [0.5, 0.6) is 40.2 Å². The molecule has 4 aromatic carbocycles. The van der Waals surface area contributed by atoms with Crippen LogP contribution < -0.4 is 24.8 Å². The monoisotopic (exact) mass is 568 g/mol. The van der Waals surface area contributed by atoms with Gasteiger partial charge in [-0.05, 0) is 121 Å². The van der Waals surface area contributed by atoms with Crippen molar-refractivity contribution in [1.29, 1.82) is 0 Å². The third-order valence-electron chi connectivity index (χ3n) is 8.26. The Kier molecular flexibility index (Phi) is 7.82. The second kappa shape index (κ2) is 11.8. The van der Waals surface area contributed by atoms with E-state index in [0.717, 1.165) is 60.2 Å². The number of methoxy groups -OCH3 is 2. The number of nitrogens with one attached hydrogen (secondary N) is 2. The number of phenols is 3. The van der Waals surface area contributed by atoms with Crippen molar-refractivity contribution in [2.45, 2.75) is 37.8 Å². The van der Waals surface area contributed by atoms with Gasteiger partial charge in [0.15, 0.2) is 34.5 Å². The lowest BCUT2D eigenvalue weighted by Crippen LogP contribution is -2.31. The van der Waals surface area contributed by atoms with Gasteiger partial charge >= 0.3 is 0 Å². The minimum Gasteiger partial charge on any atom is -0.504 e. The van der Waals surface area contributed by atoms with Crippen molar-refractivity contribution in [3.05, 3.63) is 100 Å². The topological polar surface area (TPSA) is 112 Å². The Balaban J connectivity index is 1.15. The van der Waals surface area contributed by atoms with Crippen molar-refractivity contribution in [2.24, 2.45) is 0 Å². The van der Waals surface area contributed by atoms with Crippen molar-refractivity contribution < 1.29 is 29.5 Å². The molecule has 2 aliphatic heterocycles. The normalized spacial score (nSPS) is 17.7. The molecule has 0 radical (unpaired) electrons. The number of rotatable bonds is 8. The molecule has 0 amide bonds. The number of fused-ring (bicyclic) bond motifs is 2. The molecule has 1 unspecified atom stereocenters. The molecule has 0 aliphatic carbocycles. The first-order valence-corrected chi connectivity index (χ1v) is 14.3. The molecule has 5 N–H and O–H groups in total. The molecule has 0 bridgehead atoms. The average Bonchev–Trinajstić information content (AvgIpc) is 3.00. The highest BCUT2D eigenvalue weighted by Gasteiger charge is 2.24. The van der Waals surface area contributed by atoms with Crippen molar-refractivity contribution in [2.75, 3.05) is 27.3 Å². The Hall–Kier alpha value is -4.40. The molecule has 8 nitrogen and oxygen atoms in total. The zero-order chi connectivity index (χ0) is 29.2. The van der Waals surface area contributed by atoms with Gasteiger partial charge in [0, 0.05) is 12.1 Å². The molecule has 8 heteroatoms. The summed E-state index contributed by atoms with van der Waals surface area (Å²) in [5, 5.41) is 38.3. The summed E-state index contributed by atoms with van der Waals surface area (Å²) in [6, 6.07) is 20.8. The van der Waals surface area contributed by atoms with E-state index in [2.05, 4.69) is 10.6 Å². The van der Waals surface area contributed by atoms with E-state index in [9.17, 15) is 15.3 Å². The third-order valence-corrected chi connectivity index (χ3v) is 8.26. The predicted molar refractivity (Wildman–Crippen MR) is 160 cm³/mol. The van der Waals surface area contributed by atoms with Gasteiger partial charge in [-0.15, -0.1) is 0 Å². The summed E-state index contributed by atoms with van der Waals surface area (Å²) in [6.07, 6.45) is 3.18. The van der Waals surface area contributed by atoms with Crippen molar-refractivity contribution >= 4 is 0 Å². The van der Waals surface area contributed by atoms with Crippen LogP contribution in [-0.2, 0) is 25.7 Å². The standard InChI is InChI=1S/C34H36N2O6/c1-40-32-16-22-9-11-35-27(25(22)18-30(32)38)13-20-3-6-24(7-4-20)42-34-15-21(5-8-29(34)37)14-28-26-19-31(39)33(41-2)17-23(26)10-12-36-28/h3-8,15-19,27-28,35-39H,9-14H2,1-2H3/t27-,28?/m0/s1. The first kappa shape index (κ1) is 27.8. The smallest absolute Gasteiger partial charge is 0.169 e. The molecule has 2 heterocycles. The zero-order valence-electron chi connectivity index (χ0n) is 23.8. The Labute approximate surface area is 245 Å². The number of benzene rings is 4. The molecule has 0 spiro atoms. The Bertz CT molecular complexity index is 1590. The van der Waals surface area contributed by atoms with E-state index in [1.165, 1.54) is 5.56 Å². The Morgan fingerprint density at radius 3 is 1.69 bits per heavy atom. The second-order valence-corrected chi connectivity index (χ2v) is 10.9. The van der Waals surface area contributed by atoms with Crippen molar-refractivity contribution in [3.8, 4) is 40.2 Å². The van der Waals surface area contributed by atoms with Gasteiger partial charge in [-0.25, -0.2) is 0 Å². The van der Waals surface area contributed by atoms with Gasteiger partial charge in [0.05, 0.1) is 14.2 Å². The number of aromatic hydroxyl groups is 3. The van der Waals surface area contributed by atoms with Crippen LogP contribution in [0.1, 0.15) is 45.5 Å². The van der Waals surface area contributed by atoms with Gasteiger partial charge in [0.2, 0.25) is 0 Å². The summed E-state index contributed by atoms with van der Waals surface area (Å²) in [5.74, 6) is 2.36. The van der Waals surface area contributed by atoms with Crippen LogP contribution in [0.4, 0.5) is 0 Å². The maximum atomic E-state index is 10.6. The fourth-order valence-electron chi connectivity index (χ4n) is 6.07. The van der Waals surface area contributed by atoms with E-state index >= 15 is 0 Å². The van der Waals surface area contributed by atoms with E-state index in [1.807, 2.05) is 48.5 Å². The number of hydrogen-bond donors (Lipinski definition) is 5. The molecular weight excluding hydrogens is 532 g/mol. The van der Waals surface area contributed by atoms with Crippen molar-refractivity contribution in [1.82, 2.24) is 10.6 Å². The molecule has 2 atom stereocenters. The summed E-state index contributed by atoms with van der Waals surface area (Å²) in [6.45, 7) is 1.69. The first-order valence-electron chi connectivity index (χ1n) is 14.3. The minimum absolute atomic E-state index is 0.0174. The van der Waals surface area contributed by atoms with Gasteiger partial charge in [-0.2, -0.15) is 0 Å². The van der Waals surface area contributed by atoms with E-state index in [0.29, 0.717) is 29.4 Å². The summed E-state index contributed by atoms with van der Waals surface area (Å²) >= 11 is 0. The number of hydrogen-bond acceptors (Lipinski definition) is 8. The highest BCUT2D eigenvalue weighted by atomic mass is 16.5. The summed E-state index contributed by atoms with van der Waals surface area (Å²) < 4.78 is 16.7. The molecule has 2 aliphatic rings. The second-order valence-electron chi connectivity index (χ2n) is 10.9. The average molecular weight is 569 g/mol. The van der Waals surface area contributed by atoms with E-state index in [4.69, 9.17) is 14.2 Å². The fraction of sp³-hybridized carbons (Fsp3) is 0.294. The zero-order valence-corrected chi connectivity index (χ0v) is 23.8. The molecule has 0 aromatic heterocycles. The van der Waals surface area contributed by atoms with Gasteiger partial charge in [0.1, 0.15) is 5.75 Å². The van der Waals surface area contributed by atoms with Crippen LogP contribution in [0.2, 0.25) is 0 Å². The van der Waals surface area contributed by atoms with Crippen LogP contribution >= 0.6 is 0 Å². The SMILES string of the molecule is COc1cc2c(cc1O)C(Cc1ccc(O)c(Oc3ccc(C[C@@H]4NCCc5cc(OC)c(O)cc54)cc3)c1)NCC2. The number of phenolic OH excluding ortho intramolecular Hbond substituents is 3. The largest absolute Gasteiger partial charge is 0.504 e. The molecule has 4 aromatic rings. The van der Waals surface area contributed by atoms with Crippen LogP contribution in [-0.4, -0.2) is 42.6 Å². The highest BCUT2D eigenvalue weighted by Crippen LogP contribution is 2.38. The molecule has 42 heavy (non-hydrogen) atoms. The molecule has 218 valence electrons. The lowest BCUT2D eigenvalue weighted by Gasteiger charge is -2.28. The van der Waals surface area contributed by atoms with E-state index in [1.54, 1.807) is 32.4 Å². The molecule has 0 saturated carbocycles. The van der Waals surface area contributed by atoms with E-state index < -0.39 is 0 Å². The van der Waals surface area contributed by atoms with E-state index in [-0.39, 0.29) is 29.3 Å². The summed E-state index contributed by atoms with van der Waals surface area (Å²) in [5.41, 5.74) is 6.62. The number of ether oxygens (including phenoxy) is 3. The van der Waals surface area contributed by atoms with Crippen LogP contribution in [0.3, 0.4) is 0 Å². The van der Waals surface area contributed by atoms with Crippen LogP contribution in [0.15, 0.2) is 66.7 Å². The fourth-order valence-corrected chi connectivity index (χ4v) is 6.07. The maximum absolute atomic E-state index is 10.6. The van der Waals surface area contributed by atoms with Crippen molar-refractivity contribution in [3.63, 3.8) is 0 Å². The third kappa shape index (κ3) is 5.68.